The molecule has 2 heterocycles. The van der Waals surface area contributed by atoms with Crippen molar-refractivity contribution >= 4 is 29.0 Å². The molecule has 27 heavy (non-hydrogen) atoms. The van der Waals surface area contributed by atoms with E-state index in [1.54, 1.807) is 4.90 Å². The van der Waals surface area contributed by atoms with Gasteiger partial charge in [-0.05, 0) is 43.5 Å². The highest BCUT2D eigenvalue weighted by molar-refractivity contribution is 7.13. The fourth-order valence-corrected chi connectivity index (χ4v) is 3.78. The number of nitrogens with zero attached hydrogens (tertiary/aromatic N) is 3. The molecular formula is C18H22FN5O2S. The molecule has 0 bridgehead atoms. The summed E-state index contributed by atoms with van der Waals surface area (Å²) < 4.78 is 12.9. The Bertz CT molecular complexity index is 795. The zero-order valence-electron chi connectivity index (χ0n) is 15.1. The minimum absolute atomic E-state index is 0.0552. The van der Waals surface area contributed by atoms with Crippen molar-refractivity contribution in [2.75, 3.05) is 25.0 Å². The van der Waals surface area contributed by atoms with Crippen molar-refractivity contribution in [2.45, 2.75) is 32.1 Å². The molecule has 2 N–H and O–H groups in total. The highest BCUT2D eigenvalue weighted by Gasteiger charge is 2.28. The van der Waals surface area contributed by atoms with E-state index in [1.165, 1.54) is 35.6 Å². The van der Waals surface area contributed by atoms with E-state index in [0.29, 0.717) is 18.8 Å². The Balaban J connectivity index is 1.61. The first-order valence-corrected chi connectivity index (χ1v) is 9.81. The van der Waals surface area contributed by atoms with Gasteiger partial charge in [-0.3, -0.25) is 4.79 Å². The average molecular weight is 391 g/mol. The highest BCUT2D eigenvalue weighted by Crippen LogP contribution is 2.29. The summed E-state index contributed by atoms with van der Waals surface area (Å²) in [7, 11) is 0. The van der Waals surface area contributed by atoms with Crippen LogP contribution in [0.3, 0.4) is 0 Å². The highest BCUT2D eigenvalue weighted by atomic mass is 32.1. The van der Waals surface area contributed by atoms with Crippen LogP contribution in [0.25, 0.3) is 0 Å². The van der Waals surface area contributed by atoms with Crippen LogP contribution in [0.5, 0.6) is 0 Å². The normalized spacial score (nSPS) is 16.8. The molecule has 1 fully saturated rings. The number of piperidine rings is 1. The lowest BCUT2D eigenvalue weighted by molar-refractivity contribution is 0.102. The number of halogens is 1. The SMILES string of the molecule is CCCNC(=O)N1CCC[C@H](c2nnc(C(=O)Nc3ccc(F)cc3)s2)C1. The number of anilines is 1. The molecule has 7 nitrogen and oxygen atoms in total. The Morgan fingerprint density at radius 2 is 2.07 bits per heavy atom. The Hall–Kier alpha value is -2.55. The van der Waals surface area contributed by atoms with Gasteiger partial charge in [0, 0.05) is 31.2 Å². The van der Waals surface area contributed by atoms with E-state index < -0.39 is 0 Å². The van der Waals surface area contributed by atoms with Crippen LogP contribution in [0.15, 0.2) is 24.3 Å². The van der Waals surface area contributed by atoms with Gasteiger partial charge in [0.05, 0.1) is 0 Å². The zero-order chi connectivity index (χ0) is 19.2. The predicted octanol–water partition coefficient (Wildman–Crippen LogP) is 3.23. The minimum atomic E-state index is -0.376. The molecule has 0 radical (unpaired) electrons. The molecule has 9 heteroatoms. The van der Waals surface area contributed by atoms with Gasteiger partial charge in [0.25, 0.3) is 5.91 Å². The topological polar surface area (TPSA) is 87.2 Å². The molecule has 1 aromatic heterocycles. The second-order valence-electron chi connectivity index (χ2n) is 6.42. The second kappa shape index (κ2) is 8.90. The van der Waals surface area contributed by atoms with E-state index >= 15 is 0 Å². The van der Waals surface area contributed by atoms with E-state index in [9.17, 15) is 14.0 Å². The fourth-order valence-electron chi connectivity index (χ4n) is 2.92. The van der Waals surface area contributed by atoms with Gasteiger partial charge in [-0.2, -0.15) is 0 Å². The van der Waals surface area contributed by atoms with Crippen LogP contribution in [-0.4, -0.2) is 46.7 Å². The molecule has 0 spiro atoms. The number of likely N-dealkylation sites (tertiary alicyclic amines) is 1. The van der Waals surface area contributed by atoms with Crippen LogP contribution in [0.2, 0.25) is 0 Å². The number of hydrogen-bond donors (Lipinski definition) is 2. The van der Waals surface area contributed by atoms with Crippen LogP contribution in [-0.2, 0) is 0 Å². The number of carbonyl (C=O) groups excluding carboxylic acids is 2. The van der Waals surface area contributed by atoms with Crippen molar-refractivity contribution in [2.24, 2.45) is 0 Å². The van der Waals surface area contributed by atoms with E-state index in [-0.39, 0.29) is 28.7 Å². The first kappa shape index (κ1) is 19.2. The number of nitrogens with one attached hydrogen (secondary N) is 2. The van der Waals surface area contributed by atoms with Crippen LogP contribution in [0, 0.1) is 5.82 Å². The first-order chi connectivity index (χ1) is 13.1. The maximum atomic E-state index is 12.9. The fraction of sp³-hybridized carbons (Fsp3) is 0.444. The molecule has 2 aromatic rings. The van der Waals surface area contributed by atoms with Gasteiger partial charge >= 0.3 is 6.03 Å². The summed E-state index contributed by atoms with van der Waals surface area (Å²) in [5.74, 6) is -0.661. The van der Waals surface area contributed by atoms with E-state index in [4.69, 9.17) is 0 Å². The largest absolute Gasteiger partial charge is 0.338 e. The smallest absolute Gasteiger partial charge is 0.317 e. The third kappa shape index (κ3) is 5.00. The summed E-state index contributed by atoms with van der Waals surface area (Å²) in [5, 5.41) is 14.7. The van der Waals surface area contributed by atoms with E-state index in [1.807, 2.05) is 6.92 Å². The number of benzene rings is 1. The molecule has 1 saturated heterocycles. The van der Waals surface area contributed by atoms with Crippen LogP contribution >= 0.6 is 11.3 Å². The summed E-state index contributed by atoms with van der Waals surface area (Å²) in [6, 6.07) is 5.48. The molecule has 0 saturated carbocycles. The molecule has 0 aliphatic carbocycles. The molecule has 1 atom stereocenters. The Morgan fingerprint density at radius 1 is 1.30 bits per heavy atom. The zero-order valence-corrected chi connectivity index (χ0v) is 15.9. The summed E-state index contributed by atoms with van der Waals surface area (Å²) >= 11 is 1.23. The van der Waals surface area contributed by atoms with Crippen molar-refractivity contribution in [1.29, 1.82) is 0 Å². The van der Waals surface area contributed by atoms with Crippen LogP contribution < -0.4 is 10.6 Å². The number of rotatable bonds is 5. The summed E-state index contributed by atoms with van der Waals surface area (Å²) in [4.78, 5) is 26.3. The molecule has 3 rings (SSSR count). The van der Waals surface area contributed by atoms with Crippen LogP contribution in [0.4, 0.5) is 14.9 Å². The van der Waals surface area contributed by atoms with Gasteiger partial charge in [-0.15, -0.1) is 10.2 Å². The molecule has 1 aliphatic heterocycles. The maximum Gasteiger partial charge on any atom is 0.317 e. The standard InChI is InChI=1S/C18H22FN5O2S/c1-2-9-20-18(26)24-10-3-4-12(11-24)16-22-23-17(27-16)15(25)21-14-7-5-13(19)6-8-14/h5-8,12H,2-4,9-11H2,1H3,(H,20,26)(H,21,25)/t12-/m0/s1. The molecular weight excluding hydrogens is 369 g/mol. The summed E-state index contributed by atoms with van der Waals surface area (Å²) in [6.07, 6.45) is 2.69. The van der Waals surface area contributed by atoms with E-state index in [0.717, 1.165) is 30.8 Å². The van der Waals surface area contributed by atoms with Crippen molar-refractivity contribution in [3.63, 3.8) is 0 Å². The summed E-state index contributed by atoms with van der Waals surface area (Å²) in [5.41, 5.74) is 0.495. The number of urea groups is 1. The molecule has 3 amide bonds. The molecule has 1 aromatic carbocycles. The van der Waals surface area contributed by atoms with E-state index in [2.05, 4.69) is 20.8 Å². The monoisotopic (exact) mass is 391 g/mol. The van der Waals surface area contributed by atoms with Gasteiger partial charge in [-0.25, -0.2) is 9.18 Å². The van der Waals surface area contributed by atoms with Crippen molar-refractivity contribution in [1.82, 2.24) is 20.4 Å². The Labute approximate surface area is 161 Å². The van der Waals surface area contributed by atoms with Gasteiger partial charge < -0.3 is 15.5 Å². The third-order valence-corrected chi connectivity index (χ3v) is 5.41. The number of carbonyl (C=O) groups is 2. The Morgan fingerprint density at radius 3 is 2.81 bits per heavy atom. The number of hydrogen-bond acceptors (Lipinski definition) is 5. The molecule has 0 unspecified atom stereocenters. The van der Waals surface area contributed by atoms with Crippen molar-refractivity contribution in [3.8, 4) is 0 Å². The lowest BCUT2D eigenvalue weighted by atomic mass is 9.99. The van der Waals surface area contributed by atoms with Gasteiger partial charge in [0.2, 0.25) is 5.01 Å². The predicted molar refractivity (Wildman–Crippen MR) is 101 cm³/mol. The molecule has 144 valence electrons. The van der Waals surface area contributed by atoms with Crippen LogP contribution in [0.1, 0.15) is 46.9 Å². The summed E-state index contributed by atoms with van der Waals surface area (Å²) in [6.45, 7) is 3.97. The lowest BCUT2D eigenvalue weighted by Crippen LogP contribution is -2.45. The average Bonchev–Trinajstić information content (AvgIpc) is 3.18. The number of amides is 3. The number of aromatic nitrogens is 2. The van der Waals surface area contributed by atoms with Crippen molar-refractivity contribution in [3.05, 3.63) is 40.1 Å². The first-order valence-electron chi connectivity index (χ1n) is 9.00. The minimum Gasteiger partial charge on any atom is -0.338 e. The van der Waals surface area contributed by atoms with Crippen molar-refractivity contribution < 1.29 is 14.0 Å². The second-order valence-corrected chi connectivity index (χ2v) is 7.43. The quantitative estimate of drug-likeness (QED) is 0.819. The van der Waals surface area contributed by atoms with Gasteiger partial charge in [-0.1, -0.05) is 18.3 Å². The maximum absolute atomic E-state index is 12.9. The third-order valence-electron chi connectivity index (χ3n) is 4.32. The van der Waals surface area contributed by atoms with Gasteiger partial charge in [0.1, 0.15) is 10.8 Å². The molecule has 1 aliphatic rings. The lowest BCUT2D eigenvalue weighted by Gasteiger charge is -2.31. The van der Waals surface area contributed by atoms with Gasteiger partial charge in [0.15, 0.2) is 0 Å². The Kier molecular flexibility index (Phi) is 6.33.